The van der Waals surface area contributed by atoms with E-state index in [1.165, 1.54) is 0 Å². The van der Waals surface area contributed by atoms with Gasteiger partial charge in [-0.05, 0) is 41.1 Å². The topological polar surface area (TPSA) is 48.7 Å². The fraction of sp³-hybridized carbons (Fsp3) is 0.167. The van der Waals surface area contributed by atoms with Crippen molar-refractivity contribution >= 4 is 33.1 Å². The van der Waals surface area contributed by atoms with E-state index in [9.17, 15) is 0 Å². The summed E-state index contributed by atoms with van der Waals surface area (Å²) in [4.78, 5) is 5.56. The summed E-state index contributed by atoms with van der Waals surface area (Å²) in [5.74, 6) is 0.650. The Morgan fingerprint density at radius 3 is 2.94 bits per heavy atom. The number of hydrogen-bond donors (Lipinski definition) is 1. The number of nitriles is 1. The molecule has 0 atom stereocenters. The zero-order valence-electron chi connectivity index (χ0n) is 9.20. The van der Waals surface area contributed by atoms with E-state index in [-0.39, 0.29) is 0 Å². The van der Waals surface area contributed by atoms with Crippen LogP contribution in [0.25, 0.3) is 10.6 Å². The lowest BCUT2D eigenvalue weighted by Gasteiger charge is -2.06. The minimum atomic E-state index is 0.575. The molecule has 0 aliphatic rings. The third kappa shape index (κ3) is 2.65. The van der Waals surface area contributed by atoms with Crippen molar-refractivity contribution in [3.63, 3.8) is 0 Å². The highest BCUT2D eigenvalue weighted by Gasteiger charge is 2.07. The summed E-state index contributed by atoms with van der Waals surface area (Å²) >= 11 is 5.04. The second-order valence-corrected chi connectivity index (χ2v) is 5.19. The molecule has 3 nitrogen and oxygen atoms in total. The molecule has 0 amide bonds. The van der Waals surface area contributed by atoms with Gasteiger partial charge in [-0.25, -0.2) is 4.98 Å². The van der Waals surface area contributed by atoms with Gasteiger partial charge in [0.1, 0.15) is 11.9 Å². The number of halogens is 1. The van der Waals surface area contributed by atoms with Crippen LogP contribution in [0, 0.1) is 11.3 Å². The van der Waals surface area contributed by atoms with Gasteiger partial charge in [0, 0.05) is 16.4 Å². The van der Waals surface area contributed by atoms with Crippen molar-refractivity contribution in [2.75, 3.05) is 11.9 Å². The van der Waals surface area contributed by atoms with E-state index in [2.05, 4.69) is 32.3 Å². The molecule has 2 heterocycles. The zero-order valence-corrected chi connectivity index (χ0v) is 11.6. The molecule has 0 bridgehead atoms. The largest absolute Gasteiger partial charge is 0.369 e. The Balaban J connectivity index is 2.44. The Kier molecular flexibility index (Phi) is 3.77. The Hall–Kier alpha value is -1.38. The lowest BCUT2D eigenvalue weighted by atomic mass is 10.2. The molecule has 0 aliphatic heterocycles. The van der Waals surface area contributed by atoms with Crippen molar-refractivity contribution in [3.8, 4) is 16.6 Å². The maximum absolute atomic E-state index is 8.98. The number of thiophene rings is 1. The molecule has 1 N–H and O–H groups in total. The quantitative estimate of drug-likeness (QED) is 0.936. The van der Waals surface area contributed by atoms with Gasteiger partial charge in [-0.3, -0.25) is 0 Å². The molecule has 0 unspecified atom stereocenters. The molecule has 0 aliphatic carbocycles. The van der Waals surface area contributed by atoms with E-state index < -0.39 is 0 Å². The second-order valence-electron chi connectivity index (χ2n) is 3.36. The van der Waals surface area contributed by atoms with Crippen molar-refractivity contribution in [1.29, 1.82) is 5.26 Å². The maximum Gasteiger partial charge on any atom is 0.144 e. The number of rotatable bonds is 3. The van der Waals surface area contributed by atoms with Gasteiger partial charge < -0.3 is 5.32 Å². The first-order valence-electron chi connectivity index (χ1n) is 5.14. The Morgan fingerprint density at radius 2 is 2.35 bits per heavy atom. The van der Waals surface area contributed by atoms with Gasteiger partial charge >= 0.3 is 0 Å². The minimum Gasteiger partial charge on any atom is -0.369 e. The summed E-state index contributed by atoms with van der Waals surface area (Å²) in [5, 5.41) is 14.1. The first-order valence-corrected chi connectivity index (χ1v) is 6.81. The fourth-order valence-corrected chi connectivity index (χ4v) is 2.83. The Bertz CT molecular complexity index is 571. The number of pyridine rings is 1. The van der Waals surface area contributed by atoms with Gasteiger partial charge in [0.15, 0.2) is 0 Å². The van der Waals surface area contributed by atoms with Crippen LogP contribution in [0.3, 0.4) is 0 Å². The van der Waals surface area contributed by atoms with Gasteiger partial charge in [-0.15, -0.1) is 11.3 Å². The standard InChI is InChI=1S/C12H10BrN3S/c1-2-15-12-8(6-14)3-4-10(16-12)11-5-9(13)7-17-11/h3-5,7H,2H2,1H3,(H,15,16). The third-order valence-corrected chi connectivity index (χ3v) is 3.89. The molecule has 2 aromatic heterocycles. The Labute approximate surface area is 112 Å². The average molecular weight is 308 g/mol. The molecule has 0 aromatic carbocycles. The van der Waals surface area contributed by atoms with Crippen LogP contribution < -0.4 is 5.32 Å². The molecule has 2 rings (SSSR count). The highest BCUT2D eigenvalue weighted by Crippen LogP contribution is 2.29. The van der Waals surface area contributed by atoms with E-state index in [1.807, 2.05) is 24.4 Å². The molecule has 0 saturated carbocycles. The van der Waals surface area contributed by atoms with E-state index in [4.69, 9.17) is 5.26 Å². The second kappa shape index (κ2) is 5.30. The van der Waals surface area contributed by atoms with Crippen LogP contribution in [-0.2, 0) is 0 Å². The van der Waals surface area contributed by atoms with Crippen molar-refractivity contribution in [1.82, 2.24) is 4.98 Å². The monoisotopic (exact) mass is 307 g/mol. The highest BCUT2D eigenvalue weighted by molar-refractivity contribution is 9.10. The lowest BCUT2D eigenvalue weighted by molar-refractivity contribution is 1.15. The summed E-state index contributed by atoms with van der Waals surface area (Å²) in [6.07, 6.45) is 0. The predicted molar refractivity (Wildman–Crippen MR) is 74.1 cm³/mol. The lowest BCUT2D eigenvalue weighted by Crippen LogP contribution is -2.02. The average Bonchev–Trinajstić information content (AvgIpc) is 2.76. The van der Waals surface area contributed by atoms with Crippen LogP contribution in [0.4, 0.5) is 5.82 Å². The highest BCUT2D eigenvalue weighted by atomic mass is 79.9. The van der Waals surface area contributed by atoms with Crippen molar-refractivity contribution in [3.05, 3.63) is 33.6 Å². The van der Waals surface area contributed by atoms with Crippen LogP contribution in [0.1, 0.15) is 12.5 Å². The summed E-state index contributed by atoms with van der Waals surface area (Å²) < 4.78 is 1.05. The molecule has 0 radical (unpaired) electrons. The zero-order chi connectivity index (χ0) is 12.3. The molecule has 2 aromatic rings. The van der Waals surface area contributed by atoms with Crippen LogP contribution >= 0.6 is 27.3 Å². The van der Waals surface area contributed by atoms with Gasteiger partial charge in [0.25, 0.3) is 0 Å². The minimum absolute atomic E-state index is 0.575. The van der Waals surface area contributed by atoms with E-state index in [1.54, 1.807) is 17.4 Å². The van der Waals surface area contributed by atoms with Crippen molar-refractivity contribution < 1.29 is 0 Å². The predicted octanol–water partition coefficient (Wildman–Crippen LogP) is 3.88. The van der Waals surface area contributed by atoms with Gasteiger partial charge in [0.05, 0.1) is 16.1 Å². The third-order valence-electron chi connectivity index (χ3n) is 2.18. The SMILES string of the molecule is CCNc1nc(-c2cc(Br)cs2)ccc1C#N. The van der Waals surface area contributed by atoms with Crippen LogP contribution in [0.2, 0.25) is 0 Å². The Morgan fingerprint density at radius 1 is 1.53 bits per heavy atom. The molecular formula is C12H10BrN3S. The molecule has 86 valence electrons. The first-order chi connectivity index (χ1) is 8.24. The van der Waals surface area contributed by atoms with E-state index >= 15 is 0 Å². The smallest absolute Gasteiger partial charge is 0.144 e. The van der Waals surface area contributed by atoms with Crippen molar-refractivity contribution in [2.45, 2.75) is 6.92 Å². The number of nitrogens with one attached hydrogen (secondary N) is 1. The molecule has 5 heteroatoms. The van der Waals surface area contributed by atoms with Gasteiger partial charge in [-0.1, -0.05) is 0 Å². The van der Waals surface area contributed by atoms with Gasteiger partial charge in [-0.2, -0.15) is 5.26 Å². The number of hydrogen-bond acceptors (Lipinski definition) is 4. The van der Waals surface area contributed by atoms with Crippen LogP contribution in [0.5, 0.6) is 0 Å². The van der Waals surface area contributed by atoms with Crippen LogP contribution in [-0.4, -0.2) is 11.5 Å². The number of aromatic nitrogens is 1. The molecule has 17 heavy (non-hydrogen) atoms. The first kappa shape index (κ1) is 12.1. The fourth-order valence-electron chi connectivity index (χ4n) is 1.44. The summed E-state index contributed by atoms with van der Waals surface area (Å²) in [5.41, 5.74) is 1.46. The number of nitrogens with zero attached hydrogens (tertiary/aromatic N) is 2. The van der Waals surface area contributed by atoms with Crippen molar-refractivity contribution in [2.24, 2.45) is 0 Å². The van der Waals surface area contributed by atoms with E-state index in [0.717, 1.165) is 21.6 Å². The summed E-state index contributed by atoms with van der Waals surface area (Å²) in [6.45, 7) is 2.73. The summed E-state index contributed by atoms with van der Waals surface area (Å²) in [6, 6.07) is 7.83. The van der Waals surface area contributed by atoms with Gasteiger partial charge in [0.2, 0.25) is 0 Å². The maximum atomic E-state index is 8.98. The molecule has 0 saturated heterocycles. The number of anilines is 1. The van der Waals surface area contributed by atoms with E-state index in [0.29, 0.717) is 11.4 Å². The summed E-state index contributed by atoms with van der Waals surface area (Å²) in [7, 11) is 0. The molecule has 0 spiro atoms. The molecule has 0 fully saturated rings. The van der Waals surface area contributed by atoms with Crippen LogP contribution in [0.15, 0.2) is 28.1 Å². The normalized spacial score (nSPS) is 9.94. The molecular weight excluding hydrogens is 298 g/mol.